The van der Waals surface area contributed by atoms with Crippen LogP contribution < -0.4 is 10.2 Å². The number of rotatable bonds is 3. The molecule has 3 heterocycles. The molecule has 0 radical (unpaired) electrons. The van der Waals surface area contributed by atoms with Gasteiger partial charge in [0.05, 0.1) is 23.3 Å². The van der Waals surface area contributed by atoms with Gasteiger partial charge in [-0.25, -0.2) is 0 Å². The van der Waals surface area contributed by atoms with Gasteiger partial charge in [-0.1, -0.05) is 18.2 Å². The van der Waals surface area contributed by atoms with Crippen LogP contribution in [0.3, 0.4) is 0 Å². The van der Waals surface area contributed by atoms with Gasteiger partial charge in [-0.05, 0) is 55.3 Å². The molecule has 1 fully saturated rings. The number of anilines is 2. The number of para-hydroxylation sites is 2. The van der Waals surface area contributed by atoms with Crippen LogP contribution in [0.25, 0.3) is 5.69 Å². The van der Waals surface area contributed by atoms with E-state index in [0.29, 0.717) is 18.7 Å². The molecule has 0 atom stereocenters. The van der Waals surface area contributed by atoms with E-state index >= 15 is 0 Å². The molecule has 3 aromatic rings. The van der Waals surface area contributed by atoms with Crippen molar-refractivity contribution in [2.45, 2.75) is 18.4 Å². The van der Waals surface area contributed by atoms with E-state index < -0.39 is 0 Å². The average molecular weight is 399 g/mol. The number of likely N-dealkylation sites (tertiary alicyclic amines) is 1. The number of aromatic nitrogens is 1. The van der Waals surface area contributed by atoms with Crippen molar-refractivity contribution in [2.24, 2.45) is 0 Å². The van der Waals surface area contributed by atoms with E-state index in [0.717, 1.165) is 24.2 Å². The number of amides is 1. The van der Waals surface area contributed by atoms with Gasteiger partial charge in [0.15, 0.2) is 0 Å². The maximum Gasteiger partial charge on any atom is 0.253 e. The van der Waals surface area contributed by atoms with Gasteiger partial charge in [0.2, 0.25) is 0 Å². The fourth-order valence-corrected chi connectivity index (χ4v) is 4.68. The first-order valence-corrected chi connectivity index (χ1v) is 10.3. The summed E-state index contributed by atoms with van der Waals surface area (Å²) in [5.74, 6) is 0.0525. The van der Waals surface area contributed by atoms with Gasteiger partial charge >= 0.3 is 0 Å². The van der Waals surface area contributed by atoms with Crippen molar-refractivity contribution in [2.75, 3.05) is 30.4 Å². The number of hydrogen-bond donors (Lipinski definition) is 2. The highest BCUT2D eigenvalue weighted by Crippen LogP contribution is 2.43. The van der Waals surface area contributed by atoms with Crippen LogP contribution in [0.2, 0.25) is 0 Å². The number of piperidine rings is 1. The Hall–Kier alpha value is -3.54. The summed E-state index contributed by atoms with van der Waals surface area (Å²) in [6, 6.07) is 20.2. The minimum atomic E-state index is -0.156. The Balaban J connectivity index is 1.37. The summed E-state index contributed by atoms with van der Waals surface area (Å²) in [5, 5.41) is 11.2. The Morgan fingerprint density at radius 1 is 1.10 bits per heavy atom. The monoisotopic (exact) mass is 399 g/mol. The van der Waals surface area contributed by atoms with Gasteiger partial charge in [-0.2, -0.15) is 0 Å². The number of nitrogens with zero attached hydrogens (tertiary/aromatic N) is 3. The van der Waals surface area contributed by atoms with E-state index in [-0.39, 0.29) is 11.4 Å². The van der Waals surface area contributed by atoms with Gasteiger partial charge in [0, 0.05) is 43.3 Å². The average Bonchev–Trinajstić information content (AvgIpc) is 3.30. The lowest BCUT2D eigenvalue weighted by Gasteiger charge is -2.46. The first-order chi connectivity index (χ1) is 14.6. The number of nitrogens with one attached hydrogen (secondary N) is 2. The topological polar surface area (TPSA) is 64.4 Å². The minimum Gasteiger partial charge on any atom is -0.372 e. The van der Waals surface area contributed by atoms with Gasteiger partial charge in [-0.3, -0.25) is 10.2 Å². The molecule has 1 amide bonds. The highest BCUT2D eigenvalue weighted by Gasteiger charge is 2.42. The van der Waals surface area contributed by atoms with E-state index in [2.05, 4.69) is 52.5 Å². The molecule has 2 aromatic carbocycles. The molecule has 1 aromatic heterocycles. The van der Waals surface area contributed by atoms with Crippen molar-refractivity contribution in [3.8, 4) is 5.69 Å². The molecule has 152 valence electrons. The SMILES string of the molecule is CN(C=N)c1cccc(C(=O)N2CCC3(CC2)Nc2ccccc2-n2cccc23)c1. The van der Waals surface area contributed by atoms with Crippen molar-refractivity contribution >= 4 is 23.6 Å². The van der Waals surface area contributed by atoms with Gasteiger partial charge in [-0.15, -0.1) is 0 Å². The molecule has 0 bridgehead atoms. The van der Waals surface area contributed by atoms with Crippen molar-refractivity contribution < 1.29 is 4.79 Å². The summed E-state index contributed by atoms with van der Waals surface area (Å²) >= 11 is 0. The second kappa shape index (κ2) is 7.06. The zero-order valence-corrected chi connectivity index (χ0v) is 17.0. The molecule has 0 unspecified atom stereocenters. The predicted molar refractivity (Wildman–Crippen MR) is 120 cm³/mol. The number of fused-ring (bicyclic) bond motifs is 4. The highest BCUT2D eigenvalue weighted by atomic mass is 16.2. The van der Waals surface area contributed by atoms with Crippen LogP contribution in [-0.4, -0.2) is 41.8 Å². The first-order valence-electron chi connectivity index (χ1n) is 10.3. The third kappa shape index (κ3) is 2.87. The summed E-state index contributed by atoms with van der Waals surface area (Å²) in [5.41, 5.74) is 4.94. The minimum absolute atomic E-state index is 0.0525. The summed E-state index contributed by atoms with van der Waals surface area (Å²) in [6.45, 7) is 1.40. The van der Waals surface area contributed by atoms with Crippen LogP contribution in [0.1, 0.15) is 28.9 Å². The molecular formula is C24H25N5O. The lowest BCUT2D eigenvalue weighted by atomic mass is 9.82. The molecule has 0 aliphatic carbocycles. The summed E-state index contributed by atoms with van der Waals surface area (Å²) in [4.78, 5) is 16.8. The molecule has 1 spiro atoms. The Morgan fingerprint density at radius 2 is 1.90 bits per heavy atom. The van der Waals surface area contributed by atoms with Crippen molar-refractivity contribution in [3.63, 3.8) is 0 Å². The third-order valence-corrected chi connectivity index (χ3v) is 6.37. The lowest BCUT2D eigenvalue weighted by molar-refractivity contribution is 0.0676. The van der Waals surface area contributed by atoms with Crippen molar-refractivity contribution in [1.82, 2.24) is 9.47 Å². The maximum atomic E-state index is 13.2. The molecule has 2 aliphatic rings. The quantitative estimate of drug-likeness (QED) is 0.515. The van der Waals surface area contributed by atoms with Crippen LogP contribution in [0.4, 0.5) is 11.4 Å². The fourth-order valence-electron chi connectivity index (χ4n) is 4.68. The lowest BCUT2D eigenvalue weighted by Crippen LogP contribution is -2.51. The Labute approximate surface area is 176 Å². The standard InChI is InChI=1S/C24H25N5O/c1-27(17-25)19-7-4-6-18(16-19)23(30)28-14-11-24(12-15-28)22-10-5-13-29(22)21-9-3-2-8-20(21)26-24/h2-10,13,16-17,25-26H,11-12,14-15H2,1H3. The molecule has 5 rings (SSSR count). The van der Waals surface area contributed by atoms with E-state index in [1.807, 2.05) is 36.2 Å². The Morgan fingerprint density at radius 3 is 2.70 bits per heavy atom. The molecule has 2 aliphatic heterocycles. The zero-order valence-electron chi connectivity index (χ0n) is 17.0. The maximum absolute atomic E-state index is 13.2. The number of carbonyl (C=O) groups is 1. The van der Waals surface area contributed by atoms with Crippen LogP contribution >= 0.6 is 0 Å². The largest absolute Gasteiger partial charge is 0.372 e. The zero-order chi connectivity index (χ0) is 20.7. The Bertz CT molecular complexity index is 1110. The number of benzene rings is 2. The van der Waals surface area contributed by atoms with Crippen molar-refractivity contribution in [1.29, 1.82) is 5.41 Å². The normalized spacial score (nSPS) is 16.4. The Kier molecular flexibility index (Phi) is 4.35. The van der Waals surface area contributed by atoms with Gasteiger partial charge in [0.25, 0.3) is 5.91 Å². The summed E-state index contributed by atoms with van der Waals surface area (Å²) in [6.07, 6.45) is 5.09. The van der Waals surface area contributed by atoms with E-state index in [1.165, 1.54) is 17.7 Å². The molecule has 6 heteroatoms. The van der Waals surface area contributed by atoms with Crippen molar-refractivity contribution in [3.05, 3.63) is 78.1 Å². The molecule has 2 N–H and O–H groups in total. The molecule has 6 nitrogen and oxygen atoms in total. The summed E-state index contributed by atoms with van der Waals surface area (Å²) < 4.78 is 2.28. The highest BCUT2D eigenvalue weighted by molar-refractivity contribution is 5.96. The summed E-state index contributed by atoms with van der Waals surface area (Å²) in [7, 11) is 1.81. The first kappa shape index (κ1) is 18.5. The molecule has 1 saturated heterocycles. The van der Waals surface area contributed by atoms with Crippen LogP contribution in [0.5, 0.6) is 0 Å². The molecule has 0 saturated carbocycles. The van der Waals surface area contributed by atoms with Crippen LogP contribution in [0.15, 0.2) is 66.9 Å². The van der Waals surface area contributed by atoms with E-state index in [4.69, 9.17) is 5.41 Å². The predicted octanol–water partition coefficient (Wildman–Crippen LogP) is 4.08. The fraction of sp³-hybridized carbons (Fsp3) is 0.250. The number of carbonyl (C=O) groups excluding carboxylic acids is 1. The number of hydrogen-bond acceptors (Lipinski definition) is 3. The van der Waals surface area contributed by atoms with E-state index in [9.17, 15) is 4.79 Å². The van der Waals surface area contributed by atoms with E-state index in [1.54, 1.807) is 4.90 Å². The second-order valence-corrected chi connectivity index (χ2v) is 8.07. The van der Waals surface area contributed by atoms with Gasteiger partial charge in [0.1, 0.15) is 0 Å². The van der Waals surface area contributed by atoms with Crippen LogP contribution in [0, 0.1) is 5.41 Å². The molecular weight excluding hydrogens is 374 g/mol. The molecule has 30 heavy (non-hydrogen) atoms. The van der Waals surface area contributed by atoms with Gasteiger partial charge < -0.3 is 19.7 Å². The third-order valence-electron chi connectivity index (χ3n) is 6.37. The second-order valence-electron chi connectivity index (χ2n) is 8.07. The smallest absolute Gasteiger partial charge is 0.253 e. The van der Waals surface area contributed by atoms with Crippen LogP contribution in [-0.2, 0) is 5.54 Å².